The summed E-state index contributed by atoms with van der Waals surface area (Å²) in [5, 5.41) is 6.33. The molecule has 26 heavy (non-hydrogen) atoms. The van der Waals surface area contributed by atoms with Crippen LogP contribution in [-0.4, -0.2) is 37.4 Å². The molecule has 2 aromatic carbocycles. The van der Waals surface area contributed by atoms with Crippen molar-refractivity contribution in [2.75, 3.05) is 20.6 Å². The van der Waals surface area contributed by atoms with Crippen LogP contribution in [0.4, 0.5) is 4.39 Å². The van der Waals surface area contributed by atoms with Crippen molar-refractivity contribution in [1.29, 1.82) is 0 Å². The molecule has 0 fully saturated rings. The van der Waals surface area contributed by atoms with Crippen molar-refractivity contribution in [1.82, 2.24) is 15.5 Å². The first kappa shape index (κ1) is 19.4. The third-order valence-electron chi connectivity index (χ3n) is 3.87. The molecule has 0 aromatic heterocycles. The first-order valence-corrected chi connectivity index (χ1v) is 8.50. The summed E-state index contributed by atoms with van der Waals surface area (Å²) in [4.78, 5) is 17.9. The predicted octanol–water partition coefficient (Wildman–Crippen LogP) is 2.71. The molecule has 0 aliphatic carbocycles. The summed E-state index contributed by atoms with van der Waals surface area (Å²) in [5.41, 5.74) is 1.86. The summed E-state index contributed by atoms with van der Waals surface area (Å²) < 4.78 is 13.3. The van der Waals surface area contributed by atoms with Crippen molar-refractivity contribution >= 4 is 11.9 Å². The van der Waals surface area contributed by atoms with E-state index in [1.165, 1.54) is 17.0 Å². The molecule has 6 heteroatoms. The smallest absolute Gasteiger partial charge is 0.241 e. The molecule has 138 valence electrons. The Bertz CT molecular complexity index is 746. The van der Waals surface area contributed by atoms with Gasteiger partial charge < -0.3 is 15.5 Å². The summed E-state index contributed by atoms with van der Waals surface area (Å²) in [6, 6.07) is 16.3. The van der Waals surface area contributed by atoms with Gasteiger partial charge in [0.1, 0.15) is 5.82 Å². The van der Waals surface area contributed by atoms with E-state index in [1.54, 1.807) is 20.2 Å². The Morgan fingerprint density at radius 2 is 1.88 bits per heavy atom. The topological polar surface area (TPSA) is 56.7 Å². The minimum atomic E-state index is -0.291. The second kappa shape index (κ2) is 9.56. The van der Waals surface area contributed by atoms with Crippen molar-refractivity contribution in [3.05, 3.63) is 71.5 Å². The van der Waals surface area contributed by atoms with E-state index in [1.807, 2.05) is 43.3 Å². The fraction of sp³-hybridized carbons (Fsp3) is 0.300. The highest BCUT2D eigenvalue weighted by atomic mass is 19.1. The Morgan fingerprint density at radius 1 is 1.15 bits per heavy atom. The molecule has 1 amide bonds. The third-order valence-corrected chi connectivity index (χ3v) is 3.87. The van der Waals surface area contributed by atoms with Crippen LogP contribution in [0, 0.1) is 5.82 Å². The third kappa shape index (κ3) is 6.20. The standard InChI is InChI=1S/C20H25FN4O/c1-15(17-9-5-4-6-10-17)24-20(23-14-19(26)25(2)3)22-13-16-8-7-11-18(21)12-16/h4-12,15H,13-14H2,1-3H3,(H2,22,23,24). The van der Waals surface area contributed by atoms with Crippen molar-refractivity contribution in [3.63, 3.8) is 0 Å². The molecule has 1 unspecified atom stereocenters. The van der Waals surface area contributed by atoms with Gasteiger partial charge in [-0.2, -0.15) is 0 Å². The lowest BCUT2D eigenvalue weighted by Crippen LogP contribution is -2.43. The zero-order valence-corrected chi connectivity index (χ0v) is 15.4. The summed E-state index contributed by atoms with van der Waals surface area (Å²) in [6.45, 7) is 2.46. The number of carbonyl (C=O) groups is 1. The van der Waals surface area contributed by atoms with Crippen molar-refractivity contribution in [3.8, 4) is 0 Å². The fourth-order valence-electron chi connectivity index (χ4n) is 2.31. The number of nitrogens with one attached hydrogen (secondary N) is 2. The number of carbonyl (C=O) groups excluding carboxylic acids is 1. The van der Waals surface area contributed by atoms with Crippen molar-refractivity contribution < 1.29 is 9.18 Å². The molecule has 1 atom stereocenters. The van der Waals surface area contributed by atoms with Crippen LogP contribution < -0.4 is 10.6 Å². The molecule has 0 aliphatic rings. The highest BCUT2D eigenvalue weighted by Crippen LogP contribution is 2.11. The normalized spacial score (nSPS) is 12.4. The van der Waals surface area contributed by atoms with Gasteiger partial charge in [-0.05, 0) is 30.2 Å². The molecule has 0 radical (unpaired) electrons. The van der Waals surface area contributed by atoms with Gasteiger partial charge in [0.25, 0.3) is 0 Å². The molecule has 5 nitrogen and oxygen atoms in total. The highest BCUT2D eigenvalue weighted by molar-refractivity contribution is 5.86. The SMILES string of the molecule is CC(NC(=NCc1cccc(F)c1)NCC(=O)N(C)C)c1ccccc1. The summed E-state index contributed by atoms with van der Waals surface area (Å²) in [5.74, 6) is 0.152. The van der Waals surface area contributed by atoms with E-state index in [4.69, 9.17) is 0 Å². The van der Waals surface area contributed by atoms with Crippen LogP contribution in [-0.2, 0) is 11.3 Å². The van der Waals surface area contributed by atoms with Crippen LogP contribution in [0.5, 0.6) is 0 Å². The molecular formula is C20H25FN4O. The van der Waals surface area contributed by atoms with Gasteiger partial charge in [-0.15, -0.1) is 0 Å². The molecule has 0 saturated carbocycles. The largest absolute Gasteiger partial charge is 0.350 e. The lowest BCUT2D eigenvalue weighted by molar-refractivity contribution is -0.127. The monoisotopic (exact) mass is 356 g/mol. The molecule has 0 aliphatic heterocycles. The average molecular weight is 356 g/mol. The number of aliphatic imine (C=N–C) groups is 1. The number of likely N-dealkylation sites (N-methyl/N-ethyl adjacent to an activating group) is 1. The number of hydrogen-bond acceptors (Lipinski definition) is 2. The molecule has 0 heterocycles. The molecular weight excluding hydrogens is 331 g/mol. The van der Waals surface area contributed by atoms with E-state index in [0.717, 1.165) is 11.1 Å². The fourth-order valence-corrected chi connectivity index (χ4v) is 2.31. The van der Waals surface area contributed by atoms with Gasteiger partial charge in [0, 0.05) is 14.1 Å². The van der Waals surface area contributed by atoms with E-state index in [-0.39, 0.29) is 24.3 Å². The number of rotatable bonds is 6. The maximum atomic E-state index is 13.3. The second-order valence-electron chi connectivity index (χ2n) is 6.21. The predicted molar refractivity (Wildman–Crippen MR) is 102 cm³/mol. The van der Waals surface area contributed by atoms with E-state index < -0.39 is 0 Å². The van der Waals surface area contributed by atoms with Crippen LogP contribution in [0.25, 0.3) is 0 Å². The van der Waals surface area contributed by atoms with E-state index >= 15 is 0 Å². The van der Waals surface area contributed by atoms with Gasteiger partial charge in [0.15, 0.2) is 5.96 Å². The molecule has 0 saturated heterocycles. The number of nitrogens with zero attached hydrogens (tertiary/aromatic N) is 2. The average Bonchev–Trinajstić information content (AvgIpc) is 2.64. The Labute approximate surface area is 153 Å². The lowest BCUT2D eigenvalue weighted by atomic mass is 10.1. The summed E-state index contributed by atoms with van der Waals surface area (Å²) in [6.07, 6.45) is 0. The van der Waals surface area contributed by atoms with Crippen LogP contribution in [0.1, 0.15) is 24.1 Å². The zero-order chi connectivity index (χ0) is 18.9. The molecule has 2 rings (SSSR count). The van der Waals surface area contributed by atoms with Gasteiger partial charge in [-0.1, -0.05) is 42.5 Å². The molecule has 0 bridgehead atoms. The Balaban J connectivity index is 2.09. The summed E-state index contributed by atoms with van der Waals surface area (Å²) in [7, 11) is 3.40. The minimum Gasteiger partial charge on any atom is -0.350 e. The Kier molecular flexibility index (Phi) is 7.14. The Morgan fingerprint density at radius 3 is 2.54 bits per heavy atom. The van der Waals surface area contributed by atoms with Crippen molar-refractivity contribution in [2.24, 2.45) is 4.99 Å². The highest BCUT2D eigenvalue weighted by Gasteiger charge is 2.10. The maximum Gasteiger partial charge on any atom is 0.241 e. The Hall–Kier alpha value is -2.89. The van der Waals surface area contributed by atoms with Gasteiger partial charge in [0.05, 0.1) is 19.1 Å². The minimum absolute atomic E-state index is 0.00409. The lowest BCUT2D eigenvalue weighted by Gasteiger charge is -2.19. The number of halogens is 1. The first-order valence-electron chi connectivity index (χ1n) is 8.50. The van der Waals surface area contributed by atoms with Crippen LogP contribution >= 0.6 is 0 Å². The van der Waals surface area contributed by atoms with E-state index in [9.17, 15) is 9.18 Å². The summed E-state index contributed by atoms with van der Waals surface area (Å²) >= 11 is 0. The van der Waals surface area contributed by atoms with Gasteiger partial charge >= 0.3 is 0 Å². The molecule has 2 N–H and O–H groups in total. The van der Waals surface area contributed by atoms with E-state index in [0.29, 0.717) is 12.5 Å². The van der Waals surface area contributed by atoms with Crippen molar-refractivity contribution in [2.45, 2.75) is 19.5 Å². The van der Waals surface area contributed by atoms with Gasteiger partial charge in [-0.25, -0.2) is 9.38 Å². The van der Waals surface area contributed by atoms with Gasteiger partial charge in [-0.3, -0.25) is 4.79 Å². The molecule has 2 aromatic rings. The quantitative estimate of drug-likeness (QED) is 0.618. The van der Waals surface area contributed by atoms with Crippen LogP contribution in [0.2, 0.25) is 0 Å². The van der Waals surface area contributed by atoms with Crippen LogP contribution in [0.15, 0.2) is 59.6 Å². The second-order valence-corrected chi connectivity index (χ2v) is 6.21. The number of guanidine groups is 1. The number of amides is 1. The molecule has 0 spiro atoms. The first-order chi connectivity index (χ1) is 12.5. The van der Waals surface area contributed by atoms with Crippen LogP contribution in [0.3, 0.4) is 0 Å². The maximum absolute atomic E-state index is 13.3. The zero-order valence-electron chi connectivity index (χ0n) is 15.4. The van der Waals surface area contributed by atoms with Gasteiger partial charge in [0.2, 0.25) is 5.91 Å². The van der Waals surface area contributed by atoms with E-state index in [2.05, 4.69) is 15.6 Å². The number of hydrogen-bond donors (Lipinski definition) is 2. The number of benzene rings is 2.